The third-order valence-electron chi connectivity index (χ3n) is 4.73. The van der Waals surface area contributed by atoms with Crippen LogP contribution in [0.25, 0.3) is 11.4 Å². The van der Waals surface area contributed by atoms with Gasteiger partial charge in [0.2, 0.25) is 17.6 Å². The summed E-state index contributed by atoms with van der Waals surface area (Å²) >= 11 is 0. The number of aromatic nitrogens is 2. The predicted molar refractivity (Wildman–Crippen MR) is 93.7 cm³/mol. The average molecular weight is 333 g/mol. The molecule has 1 fully saturated rings. The highest BCUT2D eigenvalue weighted by atomic mass is 16.5. The second-order valence-corrected chi connectivity index (χ2v) is 6.36. The number of benzene rings is 2. The Bertz CT molecular complexity index is 861. The number of amides is 1. The van der Waals surface area contributed by atoms with Crippen molar-refractivity contribution in [1.29, 1.82) is 0 Å². The summed E-state index contributed by atoms with van der Waals surface area (Å²) < 4.78 is 5.45. The molecule has 4 rings (SSSR count). The number of carbonyl (C=O) groups is 1. The zero-order chi connectivity index (χ0) is 17.2. The van der Waals surface area contributed by atoms with E-state index in [9.17, 15) is 4.79 Å². The first-order valence-electron chi connectivity index (χ1n) is 8.46. The van der Waals surface area contributed by atoms with E-state index in [0.29, 0.717) is 24.7 Å². The van der Waals surface area contributed by atoms with Crippen molar-refractivity contribution in [3.05, 3.63) is 72.1 Å². The molecule has 5 heteroatoms. The molecule has 2 heterocycles. The molecular weight excluding hydrogens is 314 g/mol. The van der Waals surface area contributed by atoms with E-state index in [1.54, 1.807) is 0 Å². The van der Waals surface area contributed by atoms with Crippen molar-refractivity contribution in [1.82, 2.24) is 15.0 Å². The summed E-state index contributed by atoms with van der Waals surface area (Å²) in [6, 6.07) is 19.8. The van der Waals surface area contributed by atoms with Crippen molar-refractivity contribution in [3.8, 4) is 11.4 Å². The lowest BCUT2D eigenvalue weighted by molar-refractivity contribution is -0.129. The smallest absolute Gasteiger partial charge is 0.232 e. The van der Waals surface area contributed by atoms with E-state index in [1.807, 2.05) is 65.6 Å². The molecule has 1 aromatic heterocycles. The fourth-order valence-electron chi connectivity index (χ4n) is 3.29. The molecule has 126 valence electrons. The van der Waals surface area contributed by atoms with Crippen LogP contribution < -0.4 is 0 Å². The van der Waals surface area contributed by atoms with Gasteiger partial charge in [-0.15, -0.1) is 0 Å². The number of carbonyl (C=O) groups excluding carboxylic acids is 1. The number of likely N-dealkylation sites (tertiary alicyclic amines) is 1. The largest absolute Gasteiger partial charge is 0.339 e. The van der Waals surface area contributed by atoms with Gasteiger partial charge in [-0.2, -0.15) is 4.98 Å². The van der Waals surface area contributed by atoms with E-state index < -0.39 is 0 Å². The van der Waals surface area contributed by atoms with Crippen LogP contribution in [-0.4, -0.2) is 27.5 Å². The molecule has 3 aromatic rings. The molecule has 25 heavy (non-hydrogen) atoms. The topological polar surface area (TPSA) is 59.2 Å². The second kappa shape index (κ2) is 6.51. The Morgan fingerprint density at radius 3 is 2.48 bits per heavy atom. The van der Waals surface area contributed by atoms with Gasteiger partial charge in [0.1, 0.15) is 0 Å². The molecule has 1 aliphatic heterocycles. The van der Waals surface area contributed by atoms with Crippen LogP contribution in [0.15, 0.2) is 65.2 Å². The summed E-state index contributed by atoms with van der Waals surface area (Å²) in [5.41, 5.74) is 2.04. The van der Waals surface area contributed by atoms with E-state index >= 15 is 0 Å². The summed E-state index contributed by atoms with van der Waals surface area (Å²) in [6.07, 6.45) is 0.410. The molecule has 5 nitrogen and oxygen atoms in total. The maximum absolute atomic E-state index is 12.5. The van der Waals surface area contributed by atoms with Crippen LogP contribution in [0.5, 0.6) is 0 Å². The van der Waals surface area contributed by atoms with Gasteiger partial charge in [-0.1, -0.05) is 65.8 Å². The maximum atomic E-state index is 12.5. The van der Waals surface area contributed by atoms with E-state index in [1.165, 1.54) is 0 Å². The summed E-state index contributed by atoms with van der Waals surface area (Å²) in [6.45, 7) is 2.66. The van der Waals surface area contributed by atoms with Crippen molar-refractivity contribution in [2.45, 2.75) is 25.3 Å². The molecule has 2 atom stereocenters. The normalized spacial score (nSPS) is 18.5. The Labute approximate surface area is 146 Å². The quantitative estimate of drug-likeness (QED) is 0.728. The van der Waals surface area contributed by atoms with E-state index in [2.05, 4.69) is 17.1 Å². The van der Waals surface area contributed by atoms with Crippen molar-refractivity contribution >= 4 is 5.91 Å². The fraction of sp³-hybridized carbons (Fsp3) is 0.250. The summed E-state index contributed by atoms with van der Waals surface area (Å²) in [5.74, 6) is 1.18. The van der Waals surface area contributed by atoms with Crippen LogP contribution in [-0.2, 0) is 4.79 Å². The van der Waals surface area contributed by atoms with E-state index in [0.717, 1.165) is 11.1 Å². The van der Waals surface area contributed by atoms with Crippen molar-refractivity contribution < 1.29 is 9.32 Å². The Balaban J connectivity index is 1.52. The van der Waals surface area contributed by atoms with Gasteiger partial charge in [-0.3, -0.25) is 4.79 Å². The fourth-order valence-corrected chi connectivity index (χ4v) is 3.29. The molecule has 2 aromatic carbocycles. The monoisotopic (exact) mass is 333 g/mol. The van der Waals surface area contributed by atoms with Crippen LogP contribution in [0.2, 0.25) is 0 Å². The molecule has 2 unspecified atom stereocenters. The summed E-state index contributed by atoms with van der Waals surface area (Å²) in [7, 11) is 0. The number of nitrogens with zero attached hydrogens (tertiary/aromatic N) is 3. The van der Waals surface area contributed by atoms with Crippen molar-refractivity contribution in [2.75, 3.05) is 6.54 Å². The molecule has 0 N–H and O–H groups in total. The first kappa shape index (κ1) is 15.6. The van der Waals surface area contributed by atoms with Crippen LogP contribution in [0.4, 0.5) is 0 Å². The lowest BCUT2D eigenvalue weighted by atomic mass is 10.1. The zero-order valence-corrected chi connectivity index (χ0v) is 14.0. The van der Waals surface area contributed by atoms with Crippen LogP contribution in [0.3, 0.4) is 0 Å². The standard InChI is InChI=1S/C20H19N3O2/c1-14(15-8-4-2-5-9-15)23-13-17(12-18(23)24)20-21-19(22-25-20)16-10-6-3-7-11-16/h2-11,14,17H,12-13H2,1H3. The Hall–Kier alpha value is -2.95. The average Bonchev–Trinajstić information content (AvgIpc) is 3.29. The zero-order valence-electron chi connectivity index (χ0n) is 14.0. The minimum Gasteiger partial charge on any atom is -0.339 e. The minimum atomic E-state index is -0.0522. The molecule has 0 radical (unpaired) electrons. The van der Waals surface area contributed by atoms with Gasteiger partial charge >= 0.3 is 0 Å². The van der Waals surface area contributed by atoms with Gasteiger partial charge in [-0.05, 0) is 12.5 Å². The van der Waals surface area contributed by atoms with Crippen LogP contribution in [0, 0.1) is 0 Å². The third-order valence-corrected chi connectivity index (χ3v) is 4.73. The first-order chi connectivity index (χ1) is 12.2. The van der Waals surface area contributed by atoms with Gasteiger partial charge in [0, 0.05) is 18.5 Å². The number of rotatable bonds is 4. The molecule has 0 aliphatic carbocycles. The molecule has 0 bridgehead atoms. The Morgan fingerprint density at radius 2 is 1.76 bits per heavy atom. The number of hydrogen-bond acceptors (Lipinski definition) is 4. The van der Waals surface area contributed by atoms with Crippen LogP contribution >= 0.6 is 0 Å². The van der Waals surface area contributed by atoms with E-state index in [4.69, 9.17) is 4.52 Å². The second-order valence-electron chi connectivity index (χ2n) is 6.36. The third kappa shape index (κ3) is 3.05. The Morgan fingerprint density at radius 1 is 1.08 bits per heavy atom. The minimum absolute atomic E-state index is 0.0372. The first-order valence-corrected chi connectivity index (χ1v) is 8.46. The van der Waals surface area contributed by atoms with Gasteiger partial charge in [-0.25, -0.2) is 0 Å². The molecule has 0 spiro atoms. The number of hydrogen-bond donors (Lipinski definition) is 0. The lowest BCUT2D eigenvalue weighted by Gasteiger charge is -2.24. The van der Waals surface area contributed by atoms with Crippen molar-refractivity contribution in [3.63, 3.8) is 0 Å². The van der Waals surface area contributed by atoms with Crippen LogP contribution in [0.1, 0.15) is 36.8 Å². The lowest BCUT2D eigenvalue weighted by Crippen LogP contribution is -2.28. The van der Waals surface area contributed by atoms with E-state index in [-0.39, 0.29) is 17.9 Å². The summed E-state index contributed by atoms with van der Waals surface area (Å²) in [4.78, 5) is 18.9. The predicted octanol–water partition coefficient (Wildman–Crippen LogP) is 3.81. The van der Waals surface area contributed by atoms with Gasteiger partial charge in [0.05, 0.1) is 12.0 Å². The van der Waals surface area contributed by atoms with Gasteiger partial charge < -0.3 is 9.42 Å². The van der Waals surface area contributed by atoms with Gasteiger partial charge in [0.25, 0.3) is 0 Å². The molecule has 0 saturated carbocycles. The Kier molecular flexibility index (Phi) is 4.06. The molecular formula is C20H19N3O2. The highest BCUT2D eigenvalue weighted by molar-refractivity contribution is 5.80. The summed E-state index contributed by atoms with van der Waals surface area (Å²) in [5, 5.41) is 4.07. The molecule has 1 aliphatic rings. The van der Waals surface area contributed by atoms with Gasteiger partial charge in [0.15, 0.2) is 0 Å². The SMILES string of the molecule is CC(c1ccccc1)N1CC(c2nc(-c3ccccc3)no2)CC1=O. The highest BCUT2D eigenvalue weighted by Crippen LogP contribution is 2.33. The molecule has 1 saturated heterocycles. The highest BCUT2D eigenvalue weighted by Gasteiger charge is 2.37. The maximum Gasteiger partial charge on any atom is 0.232 e. The van der Waals surface area contributed by atoms with Crippen molar-refractivity contribution in [2.24, 2.45) is 0 Å². The molecule has 1 amide bonds.